The number of nitrogens with zero attached hydrogens (tertiary/aromatic N) is 2. The Bertz CT molecular complexity index is 1890. The number of fused-ring (bicyclic) bond motifs is 7. The van der Waals surface area contributed by atoms with Gasteiger partial charge in [0.2, 0.25) is 0 Å². The summed E-state index contributed by atoms with van der Waals surface area (Å²) >= 11 is 1.75. The first-order valence-corrected chi connectivity index (χ1v) is 21.0. The number of benzene rings is 1. The van der Waals surface area contributed by atoms with Gasteiger partial charge in [-0.15, -0.1) is 56.5 Å². The summed E-state index contributed by atoms with van der Waals surface area (Å²) in [7, 11) is 0. The largest absolute Gasteiger partial charge is 0.478 e. The number of allylic oxidation sites excluding steroid dienone is 3. The average Bonchev–Trinajstić information content (AvgIpc) is 3.86. The van der Waals surface area contributed by atoms with Crippen LogP contribution in [0.25, 0.3) is 17.0 Å². The number of nitrogens with one attached hydrogen (secondary N) is 1. The second-order valence-electron chi connectivity index (χ2n) is 17.5. The second-order valence-corrected chi connectivity index (χ2v) is 18.4. The molecule has 2 aromatic heterocycles. The van der Waals surface area contributed by atoms with Gasteiger partial charge < -0.3 is 10.4 Å². The minimum atomic E-state index is -0.858. The van der Waals surface area contributed by atoms with Gasteiger partial charge in [-0.3, -0.25) is 4.98 Å². The number of rotatable bonds is 5. The number of hydrogen-bond acceptors (Lipinski definition) is 5. The monoisotopic (exact) mass is 769 g/mol. The summed E-state index contributed by atoms with van der Waals surface area (Å²) in [6, 6.07) is 13.7. The third kappa shape index (κ3) is 7.37. The maximum absolute atomic E-state index is 11.5. The summed E-state index contributed by atoms with van der Waals surface area (Å²) in [5.41, 5.74) is 6.02. The van der Waals surface area contributed by atoms with Crippen molar-refractivity contribution in [2.45, 2.75) is 111 Å². The maximum atomic E-state index is 11.5. The van der Waals surface area contributed by atoms with Gasteiger partial charge in [0.25, 0.3) is 0 Å². The Morgan fingerprint density at radius 3 is 2.14 bits per heavy atom. The van der Waals surface area contributed by atoms with Crippen LogP contribution >= 0.6 is 11.3 Å². The molecular formula is C50H63N3O2S. The van der Waals surface area contributed by atoms with Crippen LogP contribution in [-0.2, 0) is 0 Å². The normalized spacial score (nSPS) is 32.8. The molecule has 4 saturated carbocycles. The number of thiazole rings is 1. The van der Waals surface area contributed by atoms with Crippen molar-refractivity contribution in [2.24, 2.45) is 45.3 Å². The summed E-state index contributed by atoms with van der Waals surface area (Å²) in [5, 5.41) is 16.8. The van der Waals surface area contributed by atoms with Crippen LogP contribution < -0.4 is 5.32 Å². The molecule has 4 fully saturated rings. The highest BCUT2D eigenvalue weighted by Gasteiger charge is 2.69. The number of aromatic carboxylic acids is 1. The quantitative estimate of drug-likeness (QED) is 0.200. The number of aromatic nitrogens is 2. The van der Waals surface area contributed by atoms with Crippen LogP contribution in [0.4, 0.5) is 5.13 Å². The van der Waals surface area contributed by atoms with Crippen molar-refractivity contribution in [2.75, 3.05) is 5.32 Å². The van der Waals surface area contributed by atoms with E-state index in [4.69, 9.17) is 4.98 Å². The number of carboxylic acid groups (broad SMARTS) is 1. The Hall–Kier alpha value is -4.57. The van der Waals surface area contributed by atoms with E-state index in [0.717, 1.165) is 28.9 Å². The third-order valence-electron chi connectivity index (χ3n) is 15.2. The van der Waals surface area contributed by atoms with E-state index in [1.165, 1.54) is 68.9 Å². The molecule has 296 valence electrons. The fourth-order valence-electron chi connectivity index (χ4n) is 12.9. The van der Waals surface area contributed by atoms with Gasteiger partial charge in [0.1, 0.15) is 5.69 Å². The number of terminal acetylenes is 3. The van der Waals surface area contributed by atoms with Crippen LogP contribution in [0.15, 0.2) is 72.8 Å². The zero-order chi connectivity index (χ0) is 41.5. The molecule has 0 spiro atoms. The molecule has 3 aromatic rings. The highest BCUT2D eigenvalue weighted by atomic mass is 32.1. The molecule has 0 radical (unpaired) electrons. The minimum absolute atomic E-state index is 0.0374. The summed E-state index contributed by atoms with van der Waals surface area (Å²) in [6.07, 6.45) is 43.0. The van der Waals surface area contributed by atoms with Gasteiger partial charge in [0.05, 0.1) is 11.3 Å². The van der Waals surface area contributed by atoms with E-state index in [1.54, 1.807) is 29.5 Å². The lowest BCUT2D eigenvalue weighted by Gasteiger charge is -2.72. The van der Waals surface area contributed by atoms with E-state index in [-0.39, 0.29) is 16.4 Å². The summed E-state index contributed by atoms with van der Waals surface area (Å²) < 4.78 is 0. The first kappa shape index (κ1) is 44.1. The van der Waals surface area contributed by atoms with Gasteiger partial charge in [0, 0.05) is 17.1 Å². The number of pyridine rings is 1. The fraction of sp³-hybridized carbons (Fsp3) is 0.500. The molecule has 5 aliphatic carbocycles. The van der Waals surface area contributed by atoms with E-state index in [9.17, 15) is 9.90 Å². The van der Waals surface area contributed by atoms with Gasteiger partial charge in [-0.25, -0.2) is 9.78 Å². The van der Waals surface area contributed by atoms with Crippen LogP contribution in [0, 0.1) is 83.9 Å². The van der Waals surface area contributed by atoms with Crippen LogP contribution in [0.2, 0.25) is 0 Å². The van der Waals surface area contributed by atoms with Crippen molar-refractivity contribution in [3.05, 3.63) is 83.9 Å². The summed E-state index contributed by atoms with van der Waals surface area (Å²) in [4.78, 5) is 21.1. The molecule has 2 N–H and O–H groups in total. The Kier molecular flexibility index (Phi) is 14.0. The molecule has 0 saturated heterocycles. The SMILES string of the molecule is C#C.C#C.C#C.C=CC.CC1(C)C(c2ccc(C(=O)O)cc2)=CC[C@@]2(C)C1CC[C@]1(C)C2CC[C@@H]2C3CCC[C@]3(Nc3nc(-c4ccccn4)cs3)CC[C@]21C. The molecule has 56 heavy (non-hydrogen) atoms. The lowest BCUT2D eigenvalue weighted by molar-refractivity contribution is -0.213. The predicted octanol–water partition coefficient (Wildman–Crippen LogP) is 12.6. The zero-order valence-electron chi connectivity index (χ0n) is 34.6. The molecule has 5 aliphatic rings. The van der Waals surface area contributed by atoms with E-state index in [0.29, 0.717) is 34.1 Å². The zero-order valence-corrected chi connectivity index (χ0v) is 35.4. The lowest BCUT2D eigenvalue weighted by Crippen LogP contribution is -2.66. The average molecular weight is 770 g/mol. The molecule has 5 nitrogen and oxygen atoms in total. The third-order valence-corrected chi connectivity index (χ3v) is 15.9. The molecule has 8 rings (SSSR count). The first-order chi connectivity index (χ1) is 26.8. The topological polar surface area (TPSA) is 75.1 Å². The molecule has 0 aliphatic heterocycles. The van der Waals surface area contributed by atoms with Crippen LogP contribution in [-0.4, -0.2) is 26.6 Å². The number of carboxylic acids is 1. The number of carbonyl (C=O) groups is 1. The van der Waals surface area contributed by atoms with Crippen molar-refractivity contribution >= 4 is 28.0 Å². The van der Waals surface area contributed by atoms with Crippen molar-refractivity contribution in [3.8, 4) is 49.9 Å². The maximum Gasteiger partial charge on any atom is 0.335 e. The number of hydrogen-bond donors (Lipinski definition) is 2. The van der Waals surface area contributed by atoms with Gasteiger partial charge in [-0.2, -0.15) is 0 Å². The second kappa shape index (κ2) is 17.7. The lowest BCUT2D eigenvalue weighted by atomic mass is 9.33. The predicted molar refractivity (Wildman–Crippen MR) is 237 cm³/mol. The summed E-state index contributed by atoms with van der Waals surface area (Å²) in [5.74, 6) is 1.92. The Labute approximate surface area is 342 Å². The van der Waals surface area contributed by atoms with Gasteiger partial charge >= 0.3 is 5.97 Å². The molecule has 6 heteroatoms. The molecule has 2 heterocycles. The molecule has 0 amide bonds. The van der Waals surface area contributed by atoms with Crippen LogP contribution in [0.3, 0.4) is 0 Å². The van der Waals surface area contributed by atoms with Gasteiger partial charge in [0.15, 0.2) is 5.13 Å². The molecule has 1 aromatic carbocycles. The van der Waals surface area contributed by atoms with E-state index in [2.05, 4.69) is 108 Å². The Balaban J connectivity index is 0.000000719. The van der Waals surface area contributed by atoms with Crippen molar-refractivity contribution in [3.63, 3.8) is 0 Å². The van der Waals surface area contributed by atoms with Crippen molar-refractivity contribution in [1.29, 1.82) is 0 Å². The highest BCUT2D eigenvalue weighted by molar-refractivity contribution is 7.14. The van der Waals surface area contributed by atoms with E-state index >= 15 is 0 Å². The Morgan fingerprint density at radius 1 is 0.839 bits per heavy atom. The van der Waals surface area contributed by atoms with Crippen LogP contribution in [0.5, 0.6) is 0 Å². The standard InChI is InChI=1S/C41H51N3O2S.C3H6.3C2H2/c1-37(2)28(26-11-13-27(14-12-26)35(45)46)17-20-38(3)33(37)18-21-40(5)34(38)16-15-29-30-9-8-19-41(30,23-22-39(29,40)4)44-36-43-32(25-47-36)31-10-6-7-24-42-31;1-3-2;3*1-2/h6-7,10-14,17,24-25,29-30,33-34H,8-9,15-16,18-23H2,1-5H3,(H,43,44)(H,45,46);3H,1H2,2H3;3*1-2H/t29-,30?,33?,34?,38+,39-,40-,41+;;;;/m1..../s1. The Morgan fingerprint density at radius 2 is 1.52 bits per heavy atom. The first-order valence-electron chi connectivity index (χ1n) is 20.1. The van der Waals surface area contributed by atoms with E-state index < -0.39 is 5.97 Å². The molecule has 8 atom stereocenters. The smallest absolute Gasteiger partial charge is 0.335 e. The molecule has 0 bridgehead atoms. The van der Waals surface area contributed by atoms with Crippen molar-refractivity contribution in [1.82, 2.24) is 9.97 Å². The molecule has 3 unspecified atom stereocenters. The van der Waals surface area contributed by atoms with Gasteiger partial charge in [-0.1, -0.05) is 71.4 Å². The summed E-state index contributed by atoms with van der Waals surface area (Å²) in [6.45, 7) is 18.3. The minimum Gasteiger partial charge on any atom is -0.478 e. The molecular weight excluding hydrogens is 707 g/mol. The number of anilines is 1. The van der Waals surface area contributed by atoms with Gasteiger partial charge in [-0.05, 0) is 145 Å². The van der Waals surface area contributed by atoms with Crippen molar-refractivity contribution < 1.29 is 9.90 Å². The van der Waals surface area contributed by atoms with E-state index in [1.807, 2.05) is 37.4 Å². The van der Waals surface area contributed by atoms with Crippen LogP contribution in [0.1, 0.15) is 122 Å². The highest BCUT2D eigenvalue weighted by Crippen LogP contribution is 2.76. The fourth-order valence-corrected chi connectivity index (χ4v) is 13.7.